The smallest absolute Gasteiger partial charge is 0.256 e. The van der Waals surface area contributed by atoms with Crippen molar-refractivity contribution in [3.05, 3.63) is 17.6 Å². The van der Waals surface area contributed by atoms with Gasteiger partial charge in [-0.15, -0.1) is 0 Å². The Hall–Kier alpha value is -1.65. The Labute approximate surface area is 88.3 Å². The van der Waals surface area contributed by atoms with Gasteiger partial charge in [0, 0.05) is 25.2 Å². The van der Waals surface area contributed by atoms with Crippen LogP contribution in [0.1, 0.15) is 35.9 Å². The Morgan fingerprint density at radius 2 is 2.07 bits per heavy atom. The number of nitrogens with one attached hydrogen (secondary N) is 2. The summed E-state index contributed by atoms with van der Waals surface area (Å²) in [5.41, 5.74) is 0.525. The van der Waals surface area contributed by atoms with Crippen molar-refractivity contribution in [2.24, 2.45) is 0 Å². The molecule has 0 aromatic carbocycles. The van der Waals surface area contributed by atoms with Crippen LogP contribution in [0.3, 0.4) is 0 Å². The van der Waals surface area contributed by atoms with Crippen molar-refractivity contribution < 1.29 is 4.79 Å². The molecule has 80 valence electrons. The van der Waals surface area contributed by atoms with E-state index in [-0.39, 0.29) is 11.8 Å². The largest absolute Gasteiger partial charge is 0.368 e. The van der Waals surface area contributed by atoms with E-state index in [0.717, 1.165) is 5.82 Å². The Balaban J connectivity index is 2.42. The van der Waals surface area contributed by atoms with Gasteiger partial charge < -0.3 is 10.6 Å². The highest BCUT2D eigenvalue weighted by atomic mass is 16.1. The van der Waals surface area contributed by atoms with Crippen molar-refractivity contribution in [2.45, 2.75) is 19.8 Å². The highest BCUT2D eigenvalue weighted by Gasteiger charge is 2.17. The van der Waals surface area contributed by atoms with Crippen LogP contribution in [0.4, 0.5) is 5.82 Å². The lowest BCUT2D eigenvalue weighted by Gasteiger charge is -2.08. The lowest BCUT2D eigenvalue weighted by Crippen LogP contribution is -2.24. The van der Waals surface area contributed by atoms with Crippen LogP contribution >= 0.6 is 0 Å². The molecule has 0 spiro atoms. The lowest BCUT2D eigenvalue weighted by atomic mass is 10.2. The van der Waals surface area contributed by atoms with E-state index < -0.39 is 0 Å². The number of hydrogen-bond donors (Lipinski definition) is 2. The summed E-state index contributed by atoms with van der Waals surface area (Å²) in [6.07, 6.45) is 1.59. The molecule has 1 aromatic heterocycles. The summed E-state index contributed by atoms with van der Waals surface area (Å²) in [6.45, 7) is 5.37. The van der Waals surface area contributed by atoms with Gasteiger partial charge in [-0.2, -0.15) is 0 Å². The normalized spacial score (nSPS) is 15.3. The topological polar surface area (TPSA) is 66.9 Å². The molecule has 1 amide bonds. The highest BCUT2D eigenvalue weighted by Crippen LogP contribution is 2.16. The highest BCUT2D eigenvalue weighted by molar-refractivity contribution is 5.98. The fraction of sp³-hybridized carbons (Fsp3) is 0.500. The summed E-state index contributed by atoms with van der Waals surface area (Å²) in [6, 6.07) is 0. The molecular formula is C10H14N4O. The molecule has 0 atom stereocenters. The number of hydrogen-bond acceptors (Lipinski definition) is 4. The van der Waals surface area contributed by atoms with Crippen molar-refractivity contribution in [3.63, 3.8) is 0 Å². The summed E-state index contributed by atoms with van der Waals surface area (Å²) in [7, 11) is 0. The second kappa shape index (κ2) is 3.84. The summed E-state index contributed by atoms with van der Waals surface area (Å²) in [5, 5.41) is 5.88. The standard InChI is InChI=1S/C10H14N4O/c1-6(2)8-13-5-7-9(14-8)11-3-4-12-10(7)15/h5-6H,3-4H2,1-2H3,(H,12,15)(H,11,13,14). The quantitative estimate of drug-likeness (QED) is 0.711. The predicted octanol–water partition coefficient (Wildman–Crippen LogP) is 0.755. The molecule has 2 rings (SSSR count). The number of rotatable bonds is 1. The fourth-order valence-electron chi connectivity index (χ4n) is 1.43. The molecule has 0 fully saturated rings. The maximum Gasteiger partial charge on any atom is 0.256 e. The fourth-order valence-corrected chi connectivity index (χ4v) is 1.43. The Morgan fingerprint density at radius 3 is 2.80 bits per heavy atom. The number of amides is 1. The molecule has 0 saturated heterocycles. The molecular weight excluding hydrogens is 192 g/mol. The molecule has 5 heteroatoms. The number of fused-ring (bicyclic) bond motifs is 1. The molecule has 0 unspecified atom stereocenters. The molecule has 0 saturated carbocycles. The predicted molar refractivity (Wildman–Crippen MR) is 56.9 cm³/mol. The van der Waals surface area contributed by atoms with E-state index in [9.17, 15) is 4.79 Å². The second-order valence-corrected chi connectivity index (χ2v) is 3.83. The summed E-state index contributed by atoms with van der Waals surface area (Å²) in [4.78, 5) is 20.1. The first-order chi connectivity index (χ1) is 7.18. The minimum absolute atomic E-state index is 0.106. The molecule has 0 aliphatic carbocycles. The third-order valence-corrected chi connectivity index (χ3v) is 2.27. The van der Waals surface area contributed by atoms with Gasteiger partial charge in [-0.3, -0.25) is 4.79 Å². The van der Waals surface area contributed by atoms with Crippen molar-refractivity contribution >= 4 is 11.7 Å². The van der Waals surface area contributed by atoms with Crippen LogP contribution in [0.2, 0.25) is 0 Å². The van der Waals surface area contributed by atoms with Gasteiger partial charge in [0.05, 0.1) is 0 Å². The van der Waals surface area contributed by atoms with Crippen LogP contribution in [-0.4, -0.2) is 29.0 Å². The van der Waals surface area contributed by atoms with Gasteiger partial charge in [-0.05, 0) is 0 Å². The molecule has 15 heavy (non-hydrogen) atoms. The van der Waals surface area contributed by atoms with Crippen molar-refractivity contribution in [3.8, 4) is 0 Å². The van der Waals surface area contributed by atoms with Gasteiger partial charge in [0.2, 0.25) is 0 Å². The van der Waals surface area contributed by atoms with E-state index in [1.807, 2.05) is 13.8 Å². The summed E-state index contributed by atoms with van der Waals surface area (Å²) >= 11 is 0. The number of aromatic nitrogens is 2. The van der Waals surface area contributed by atoms with Gasteiger partial charge in [0.25, 0.3) is 5.91 Å². The van der Waals surface area contributed by atoms with Gasteiger partial charge >= 0.3 is 0 Å². The minimum atomic E-state index is -0.106. The maximum absolute atomic E-state index is 11.6. The maximum atomic E-state index is 11.6. The van der Waals surface area contributed by atoms with Gasteiger partial charge in [0.15, 0.2) is 0 Å². The third-order valence-electron chi connectivity index (χ3n) is 2.27. The van der Waals surface area contributed by atoms with Crippen LogP contribution in [0.5, 0.6) is 0 Å². The van der Waals surface area contributed by atoms with E-state index in [1.54, 1.807) is 6.20 Å². The average molecular weight is 206 g/mol. The van der Waals surface area contributed by atoms with Gasteiger partial charge in [-0.25, -0.2) is 9.97 Å². The third kappa shape index (κ3) is 1.91. The summed E-state index contributed by atoms with van der Waals surface area (Å²) < 4.78 is 0. The SMILES string of the molecule is CC(C)c1ncc2c(n1)NCCNC2=O. The Bertz CT molecular complexity index is 389. The second-order valence-electron chi connectivity index (χ2n) is 3.83. The Morgan fingerprint density at radius 1 is 1.33 bits per heavy atom. The van der Waals surface area contributed by atoms with Crippen molar-refractivity contribution in [1.29, 1.82) is 0 Å². The zero-order chi connectivity index (χ0) is 10.8. The molecule has 1 aliphatic heterocycles. The van der Waals surface area contributed by atoms with Crippen molar-refractivity contribution in [1.82, 2.24) is 15.3 Å². The first-order valence-corrected chi connectivity index (χ1v) is 5.07. The first kappa shape index (κ1) is 9.89. The molecule has 2 heterocycles. The van der Waals surface area contributed by atoms with E-state index in [0.29, 0.717) is 24.5 Å². The zero-order valence-electron chi connectivity index (χ0n) is 8.87. The zero-order valence-corrected chi connectivity index (χ0v) is 8.87. The number of anilines is 1. The first-order valence-electron chi connectivity index (χ1n) is 5.07. The van der Waals surface area contributed by atoms with Crippen molar-refractivity contribution in [2.75, 3.05) is 18.4 Å². The molecule has 0 radical (unpaired) electrons. The number of nitrogens with zero attached hydrogens (tertiary/aromatic N) is 2. The molecule has 1 aliphatic rings. The van der Waals surface area contributed by atoms with Gasteiger partial charge in [-0.1, -0.05) is 13.8 Å². The average Bonchev–Trinajstić information content (AvgIpc) is 2.40. The van der Waals surface area contributed by atoms with Crippen LogP contribution in [0.15, 0.2) is 6.20 Å². The summed E-state index contributed by atoms with van der Waals surface area (Å²) in [5.74, 6) is 1.56. The lowest BCUT2D eigenvalue weighted by molar-refractivity contribution is 0.0957. The number of carbonyl (C=O) groups is 1. The van der Waals surface area contributed by atoms with Crippen LogP contribution in [0.25, 0.3) is 0 Å². The van der Waals surface area contributed by atoms with E-state index in [1.165, 1.54) is 0 Å². The van der Waals surface area contributed by atoms with E-state index >= 15 is 0 Å². The van der Waals surface area contributed by atoms with Gasteiger partial charge in [0.1, 0.15) is 17.2 Å². The van der Waals surface area contributed by atoms with E-state index in [4.69, 9.17) is 0 Å². The van der Waals surface area contributed by atoms with Crippen LogP contribution in [0, 0.1) is 0 Å². The van der Waals surface area contributed by atoms with E-state index in [2.05, 4.69) is 20.6 Å². The molecule has 2 N–H and O–H groups in total. The monoisotopic (exact) mass is 206 g/mol. The Kier molecular flexibility index (Phi) is 2.53. The van der Waals surface area contributed by atoms with Crippen LogP contribution in [-0.2, 0) is 0 Å². The minimum Gasteiger partial charge on any atom is -0.368 e. The molecule has 0 bridgehead atoms. The number of carbonyl (C=O) groups excluding carboxylic acids is 1. The molecule has 5 nitrogen and oxygen atoms in total. The molecule has 1 aromatic rings. The van der Waals surface area contributed by atoms with Crippen LogP contribution < -0.4 is 10.6 Å².